The number of hydrogen-bond acceptors (Lipinski definition) is 5. The molecule has 0 aromatic carbocycles. The molecule has 1 heterocycles. The van der Waals surface area contributed by atoms with Crippen molar-refractivity contribution >= 4 is 11.9 Å². The first-order valence-electron chi connectivity index (χ1n) is 9.58. The Kier molecular flexibility index (Phi) is 2.92. The van der Waals surface area contributed by atoms with E-state index in [1.165, 1.54) is 0 Å². The molecule has 0 radical (unpaired) electrons. The van der Waals surface area contributed by atoms with E-state index in [2.05, 4.69) is 6.58 Å². The van der Waals surface area contributed by atoms with Crippen LogP contribution in [0, 0.1) is 34.0 Å². The second-order valence-corrected chi connectivity index (χ2v) is 9.90. The summed E-state index contributed by atoms with van der Waals surface area (Å²) < 4.78 is 5.61. The Morgan fingerprint density at radius 1 is 1.31 bits per heavy atom. The summed E-state index contributed by atoms with van der Waals surface area (Å²) in [6.45, 7) is 6.03. The Balaban J connectivity index is 1.76. The number of hydrogen-bond donors (Lipinski definition) is 3. The van der Waals surface area contributed by atoms with Crippen LogP contribution >= 0.6 is 0 Å². The highest BCUT2D eigenvalue weighted by atomic mass is 16.5. The van der Waals surface area contributed by atoms with Crippen LogP contribution in [-0.2, 0) is 14.3 Å². The van der Waals surface area contributed by atoms with Crippen molar-refractivity contribution in [3.63, 3.8) is 0 Å². The van der Waals surface area contributed by atoms with Crippen LogP contribution < -0.4 is 0 Å². The van der Waals surface area contributed by atoms with Gasteiger partial charge >= 0.3 is 11.9 Å². The Morgan fingerprint density at radius 2 is 2.04 bits per heavy atom. The molecule has 5 fully saturated rings. The minimum atomic E-state index is -0.993. The number of aliphatic carboxylic acids is 1. The van der Waals surface area contributed by atoms with Crippen LogP contribution in [0.25, 0.3) is 0 Å². The van der Waals surface area contributed by atoms with Crippen LogP contribution in [0.15, 0.2) is 12.2 Å². The predicted octanol–water partition coefficient (Wildman–Crippen LogP) is 1.50. The fourth-order valence-electron chi connectivity index (χ4n) is 8.26. The third-order valence-corrected chi connectivity index (χ3v) is 8.79. The standard InChI is InChI=1S/C20H26O6/c1-10-5-18-8-20(10,25)4-3-12(18)19-7-11(21)6-17(2,16(24)26-9-19)14(19)13(18)15(22)23/h11-14,21,25H,1,3-9H2,2H3,(H,22,23)/t11-,12-,13-,14-,17+,18+,19-,20+/m1/s1. The number of fused-ring (bicyclic) bond motifs is 1. The van der Waals surface area contributed by atoms with E-state index in [4.69, 9.17) is 4.74 Å². The predicted molar refractivity (Wildman–Crippen MR) is 89.8 cm³/mol. The van der Waals surface area contributed by atoms with Crippen LogP contribution in [0.5, 0.6) is 0 Å². The molecular weight excluding hydrogens is 336 g/mol. The number of cyclic esters (lactones) is 1. The van der Waals surface area contributed by atoms with E-state index in [1.54, 1.807) is 6.92 Å². The molecular formula is C20H26O6. The van der Waals surface area contributed by atoms with Gasteiger partial charge in [0.15, 0.2) is 0 Å². The molecule has 3 N–H and O–H groups in total. The van der Waals surface area contributed by atoms with Gasteiger partial charge in [-0.25, -0.2) is 0 Å². The second kappa shape index (κ2) is 4.53. The number of ether oxygens (including phenoxy) is 1. The zero-order valence-corrected chi connectivity index (χ0v) is 15.0. The molecule has 1 spiro atoms. The summed E-state index contributed by atoms with van der Waals surface area (Å²) in [5.41, 5.74) is -2.37. The summed E-state index contributed by atoms with van der Waals surface area (Å²) in [6.07, 6.45) is 2.25. The zero-order valence-electron chi connectivity index (χ0n) is 15.0. The SMILES string of the molecule is C=C1C[C@]23C[C@@]1(O)CC[C@H]2[C@]12COC(=O)[C@@](C)(C[C@@H](O)C1)[C@H]2[C@@H]3C(=O)O. The van der Waals surface area contributed by atoms with Gasteiger partial charge in [-0.2, -0.15) is 0 Å². The largest absolute Gasteiger partial charge is 0.481 e. The summed E-state index contributed by atoms with van der Waals surface area (Å²) in [7, 11) is 0. The first kappa shape index (κ1) is 16.8. The number of carbonyl (C=O) groups is 2. The number of carbonyl (C=O) groups excluding carboxylic acids is 1. The fourth-order valence-corrected chi connectivity index (χ4v) is 8.26. The fraction of sp³-hybridized carbons (Fsp3) is 0.800. The Morgan fingerprint density at radius 3 is 2.73 bits per heavy atom. The maximum absolute atomic E-state index is 12.7. The van der Waals surface area contributed by atoms with E-state index in [9.17, 15) is 24.9 Å². The first-order valence-corrected chi connectivity index (χ1v) is 9.58. The van der Waals surface area contributed by atoms with Gasteiger partial charge in [-0.15, -0.1) is 0 Å². The lowest BCUT2D eigenvalue weighted by molar-refractivity contribution is -0.212. The van der Waals surface area contributed by atoms with Gasteiger partial charge in [0.1, 0.15) is 0 Å². The molecule has 0 aromatic heterocycles. The topological polar surface area (TPSA) is 104 Å². The van der Waals surface area contributed by atoms with Crippen molar-refractivity contribution in [2.75, 3.05) is 6.61 Å². The maximum atomic E-state index is 12.7. The van der Waals surface area contributed by atoms with Crippen molar-refractivity contribution in [1.29, 1.82) is 0 Å². The first-order chi connectivity index (χ1) is 12.1. The molecule has 6 heteroatoms. The lowest BCUT2D eigenvalue weighted by Crippen LogP contribution is -2.61. The number of carboxylic acid groups (broad SMARTS) is 1. The Hall–Kier alpha value is -1.40. The van der Waals surface area contributed by atoms with Gasteiger partial charge in [0.05, 0.1) is 29.6 Å². The molecule has 8 atom stereocenters. The van der Waals surface area contributed by atoms with Crippen molar-refractivity contribution in [3.05, 3.63) is 12.2 Å². The van der Waals surface area contributed by atoms with E-state index in [-0.39, 0.29) is 30.8 Å². The highest BCUT2D eigenvalue weighted by Gasteiger charge is 2.80. The average Bonchev–Trinajstić information content (AvgIpc) is 2.89. The maximum Gasteiger partial charge on any atom is 0.312 e. The molecule has 0 unspecified atom stereocenters. The highest BCUT2D eigenvalue weighted by molar-refractivity contribution is 5.82. The van der Waals surface area contributed by atoms with Crippen molar-refractivity contribution < 1.29 is 29.6 Å². The third kappa shape index (κ3) is 1.58. The van der Waals surface area contributed by atoms with E-state index >= 15 is 0 Å². The van der Waals surface area contributed by atoms with Gasteiger partial charge in [-0.3, -0.25) is 9.59 Å². The van der Waals surface area contributed by atoms with Crippen LogP contribution in [0.4, 0.5) is 0 Å². The number of esters is 1. The highest BCUT2D eigenvalue weighted by Crippen LogP contribution is 2.79. The van der Waals surface area contributed by atoms with Crippen LogP contribution in [0.3, 0.4) is 0 Å². The number of aliphatic hydroxyl groups is 2. The van der Waals surface area contributed by atoms with Gasteiger partial charge in [0, 0.05) is 5.41 Å². The lowest BCUT2D eigenvalue weighted by Gasteiger charge is -2.56. The van der Waals surface area contributed by atoms with Gasteiger partial charge in [0.25, 0.3) is 0 Å². The van der Waals surface area contributed by atoms with Crippen molar-refractivity contribution in [3.8, 4) is 0 Å². The second-order valence-electron chi connectivity index (χ2n) is 9.90. The average molecular weight is 362 g/mol. The van der Waals surface area contributed by atoms with Crippen LogP contribution in [0.2, 0.25) is 0 Å². The smallest absolute Gasteiger partial charge is 0.312 e. The van der Waals surface area contributed by atoms with Gasteiger partial charge in [-0.1, -0.05) is 6.58 Å². The number of rotatable bonds is 1. The quantitative estimate of drug-likeness (QED) is 0.482. The Labute approximate surface area is 152 Å². The Bertz CT molecular complexity index is 747. The number of aliphatic hydroxyl groups excluding tert-OH is 1. The lowest BCUT2D eigenvalue weighted by atomic mass is 9.50. The van der Waals surface area contributed by atoms with Crippen molar-refractivity contribution in [2.45, 2.75) is 57.2 Å². The summed E-state index contributed by atoms with van der Waals surface area (Å²) in [4.78, 5) is 25.3. The van der Waals surface area contributed by atoms with Crippen LogP contribution in [-0.4, -0.2) is 45.6 Å². The third-order valence-electron chi connectivity index (χ3n) is 8.79. The van der Waals surface area contributed by atoms with E-state index in [1.807, 2.05) is 0 Å². The van der Waals surface area contributed by atoms with Crippen molar-refractivity contribution in [2.24, 2.45) is 34.0 Å². The van der Waals surface area contributed by atoms with E-state index in [0.29, 0.717) is 32.1 Å². The minimum absolute atomic E-state index is 0.0167. The molecule has 0 amide bonds. The normalized spacial score (nSPS) is 57.3. The summed E-state index contributed by atoms with van der Waals surface area (Å²) in [6, 6.07) is 0. The molecule has 142 valence electrons. The molecule has 4 saturated carbocycles. The van der Waals surface area contributed by atoms with Gasteiger partial charge in [-0.05, 0) is 68.3 Å². The monoisotopic (exact) mass is 362 g/mol. The summed E-state index contributed by atoms with van der Waals surface area (Å²) >= 11 is 0. The van der Waals surface area contributed by atoms with Crippen LogP contribution in [0.1, 0.15) is 45.4 Å². The van der Waals surface area contributed by atoms with E-state index < -0.39 is 39.8 Å². The molecule has 4 bridgehead atoms. The van der Waals surface area contributed by atoms with Gasteiger partial charge < -0.3 is 20.1 Å². The minimum Gasteiger partial charge on any atom is -0.481 e. The molecule has 1 aliphatic heterocycles. The summed E-state index contributed by atoms with van der Waals surface area (Å²) in [5.74, 6) is -2.34. The molecule has 0 aromatic rings. The van der Waals surface area contributed by atoms with Gasteiger partial charge in [0.2, 0.25) is 0 Å². The summed E-state index contributed by atoms with van der Waals surface area (Å²) in [5, 5.41) is 31.9. The molecule has 5 aliphatic rings. The zero-order chi connectivity index (χ0) is 18.7. The molecule has 26 heavy (non-hydrogen) atoms. The van der Waals surface area contributed by atoms with E-state index in [0.717, 1.165) is 5.57 Å². The van der Waals surface area contributed by atoms with Crippen molar-refractivity contribution in [1.82, 2.24) is 0 Å². The number of carboxylic acids is 1. The molecule has 5 rings (SSSR count). The molecule has 6 nitrogen and oxygen atoms in total. The molecule has 1 saturated heterocycles. The molecule has 4 aliphatic carbocycles.